The molecule has 0 spiro atoms. The van der Waals surface area contributed by atoms with Gasteiger partial charge in [-0.15, -0.1) is 0 Å². The Kier molecular flexibility index (Phi) is 7.57. The summed E-state index contributed by atoms with van der Waals surface area (Å²) in [7, 11) is 0. The highest BCUT2D eigenvalue weighted by Gasteiger charge is 2.26. The average molecular weight is 420 g/mol. The van der Waals surface area contributed by atoms with E-state index in [2.05, 4.69) is 22.1 Å². The van der Waals surface area contributed by atoms with Crippen LogP contribution in [-0.2, 0) is 6.42 Å². The summed E-state index contributed by atoms with van der Waals surface area (Å²) in [6.45, 7) is 4.18. The van der Waals surface area contributed by atoms with E-state index in [1.54, 1.807) is 0 Å². The Balaban J connectivity index is 1.49. The third-order valence-electron chi connectivity index (χ3n) is 5.08. The smallest absolute Gasteiger partial charge is 0.274 e. The predicted octanol–water partition coefficient (Wildman–Crippen LogP) is 4.74. The summed E-state index contributed by atoms with van der Waals surface area (Å²) < 4.78 is 5.49. The molecule has 1 aliphatic heterocycles. The fourth-order valence-corrected chi connectivity index (χ4v) is 3.98. The van der Waals surface area contributed by atoms with Gasteiger partial charge >= 0.3 is 0 Å². The molecule has 0 N–H and O–H groups in total. The van der Waals surface area contributed by atoms with Gasteiger partial charge in [0.1, 0.15) is 5.75 Å². The van der Waals surface area contributed by atoms with Crippen LogP contribution in [0.15, 0.2) is 35.6 Å². The molecule has 1 aliphatic rings. The number of halogens is 1. The summed E-state index contributed by atoms with van der Waals surface area (Å²) in [5.41, 5.74) is 1.65. The van der Waals surface area contributed by atoms with Crippen molar-refractivity contribution in [1.82, 2.24) is 14.9 Å². The maximum absolute atomic E-state index is 12.8. The van der Waals surface area contributed by atoms with Crippen LogP contribution >= 0.6 is 23.4 Å². The molecule has 0 atom stereocenters. The molecule has 1 saturated heterocycles. The van der Waals surface area contributed by atoms with E-state index in [1.807, 2.05) is 30.2 Å². The second-order valence-corrected chi connectivity index (χ2v) is 8.09. The fraction of sp³-hybridized carbons (Fsp3) is 0.476. The molecule has 28 heavy (non-hydrogen) atoms. The van der Waals surface area contributed by atoms with E-state index in [4.69, 9.17) is 16.3 Å². The van der Waals surface area contributed by atoms with Crippen LogP contribution < -0.4 is 4.74 Å². The number of hydrogen-bond acceptors (Lipinski definition) is 5. The molecule has 2 heterocycles. The van der Waals surface area contributed by atoms with E-state index in [0.717, 1.165) is 44.5 Å². The van der Waals surface area contributed by atoms with Crippen LogP contribution in [0.3, 0.4) is 0 Å². The van der Waals surface area contributed by atoms with Gasteiger partial charge in [0.25, 0.3) is 5.91 Å². The zero-order valence-corrected chi connectivity index (χ0v) is 17.9. The van der Waals surface area contributed by atoms with E-state index in [-0.39, 0.29) is 5.91 Å². The SMILES string of the molecule is CCOc1ccc(CCC2CCN(C(=O)c3nc(SC)ncc3Cl)CC2)cc1. The summed E-state index contributed by atoms with van der Waals surface area (Å²) >= 11 is 7.56. The molecule has 1 aromatic heterocycles. The van der Waals surface area contributed by atoms with E-state index < -0.39 is 0 Å². The van der Waals surface area contributed by atoms with Gasteiger partial charge in [-0.25, -0.2) is 9.97 Å². The van der Waals surface area contributed by atoms with Crippen molar-refractivity contribution in [2.45, 2.75) is 37.8 Å². The van der Waals surface area contributed by atoms with Crippen molar-refractivity contribution in [2.24, 2.45) is 5.92 Å². The van der Waals surface area contributed by atoms with Crippen molar-refractivity contribution in [3.05, 3.63) is 46.7 Å². The molecule has 0 saturated carbocycles. The lowest BCUT2D eigenvalue weighted by atomic mass is 9.90. The van der Waals surface area contributed by atoms with Crippen molar-refractivity contribution in [2.75, 3.05) is 26.0 Å². The summed E-state index contributed by atoms with van der Waals surface area (Å²) in [5.74, 6) is 1.47. The number of benzene rings is 1. The lowest BCUT2D eigenvalue weighted by Crippen LogP contribution is -2.39. The summed E-state index contributed by atoms with van der Waals surface area (Å²) in [5, 5.41) is 0.887. The number of thioether (sulfide) groups is 1. The van der Waals surface area contributed by atoms with Crippen LogP contribution in [0.5, 0.6) is 5.75 Å². The van der Waals surface area contributed by atoms with E-state index in [1.165, 1.54) is 23.5 Å². The van der Waals surface area contributed by atoms with Crippen LogP contribution in [0, 0.1) is 5.92 Å². The van der Waals surface area contributed by atoms with Gasteiger partial charge in [0.05, 0.1) is 17.8 Å². The van der Waals surface area contributed by atoms with Gasteiger partial charge in [0, 0.05) is 13.1 Å². The molecule has 7 heteroatoms. The molecular weight excluding hydrogens is 394 g/mol. The number of nitrogens with zero attached hydrogens (tertiary/aromatic N) is 3. The van der Waals surface area contributed by atoms with Crippen LogP contribution in [-0.4, -0.2) is 46.7 Å². The van der Waals surface area contributed by atoms with E-state index >= 15 is 0 Å². The number of carbonyl (C=O) groups excluding carboxylic acids is 1. The minimum Gasteiger partial charge on any atom is -0.494 e. The number of rotatable bonds is 7. The zero-order chi connectivity index (χ0) is 19.9. The Morgan fingerprint density at radius 3 is 2.64 bits per heavy atom. The largest absolute Gasteiger partial charge is 0.494 e. The third-order valence-corrected chi connectivity index (χ3v) is 5.92. The molecule has 1 fully saturated rings. The highest BCUT2D eigenvalue weighted by Crippen LogP contribution is 2.25. The van der Waals surface area contributed by atoms with E-state index in [0.29, 0.717) is 28.4 Å². The number of amides is 1. The first-order valence-electron chi connectivity index (χ1n) is 9.68. The van der Waals surface area contributed by atoms with Crippen molar-refractivity contribution in [1.29, 1.82) is 0 Å². The predicted molar refractivity (Wildman–Crippen MR) is 113 cm³/mol. The number of carbonyl (C=O) groups is 1. The highest BCUT2D eigenvalue weighted by molar-refractivity contribution is 7.98. The van der Waals surface area contributed by atoms with Gasteiger partial charge in [-0.3, -0.25) is 4.79 Å². The van der Waals surface area contributed by atoms with Gasteiger partial charge in [0.15, 0.2) is 10.9 Å². The Morgan fingerprint density at radius 1 is 1.29 bits per heavy atom. The second-order valence-electron chi connectivity index (χ2n) is 6.90. The molecule has 5 nitrogen and oxygen atoms in total. The van der Waals surface area contributed by atoms with Gasteiger partial charge in [-0.1, -0.05) is 35.5 Å². The van der Waals surface area contributed by atoms with Gasteiger partial charge in [-0.2, -0.15) is 0 Å². The number of aryl methyl sites for hydroxylation is 1. The number of hydrogen-bond donors (Lipinski definition) is 0. The number of likely N-dealkylation sites (tertiary alicyclic amines) is 1. The lowest BCUT2D eigenvalue weighted by molar-refractivity contribution is 0.0680. The zero-order valence-electron chi connectivity index (χ0n) is 16.4. The number of aromatic nitrogens is 2. The van der Waals surface area contributed by atoms with Crippen molar-refractivity contribution >= 4 is 29.3 Å². The minimum atomic E-state index is -0.0901. The molecule has 0 bridgehead atoms. The van der Waals surface area contributed by atoms with Crippen molar-refractivity contribution in [3.8, 4) is 5.75 Å². The van der Waals surface area contributed by atoms with Crippen LogP contribution in [0.25, 0.3) is 0 Å². The van der Waals surface area contributed by atoms with E-state index in [9.17, 15) is 4.79 Å². The summed E-state index contributed by atoms with van der Waals surface area (Å²) in [6.07, 6.45) is 7.62. The van der Waals surface area contributed by atoms with Crippen LogP contribution in [0.4, 0.5) is 0 Å². The topological polar surface area (TPSA) is 55.3 Å². The maximum Gasteiger partial charge on any atom is 0.274 e. The normalized spacial score (nSPS) is 14.9. The Morgan fingerprint density at radius 2 is 2.00 bits per heavy atom. The molecule has 1 amide bonds. The first kappa shape index (κ1) is 20.9. The molecular formula is C21H26ClN3O2S. The Bertz CT molecular complexity index is 793. The first-order valence-corrected chi connectivity index (χ1v) is 11.3. The second kappa shape index (κ2) is 10.1. The average Bonchev–Trinajstić information content (AvgIpc) is 2.74. The molecule has 2 aromatic rings. The van der Waals surface area contributed by atoms with Crippen molar-refractivity contribution in [3.63, 3.8) is 0 Å². The standard InChI is InChI=1S/C21H26ClN3O2S/c1-3-27-17-8-6-15(7-9-17)4-5-16-10-12-25(13-11-16)20(26)19-18(22)14-23-21(24-19)28-2/h6-9,14,16H,3-5,10-13H2,1-2H3. The fourth-order valence-electron chi connectivity index (χ4n) is 3.46. The monoisotopic (exact) mass is 419 g/mol. The van der Waals surface area contributed by atoms with Gasteiger partial charge in [0.2, 0.25) is 0 Å². The third kappa shape index (κ3) is 5.39. The Hall–Kier alpha value is -1.79. The molecule has 150 valence electrons. The minimum absolute atomic E-state index is 0.0901. The number of piperidine rings is 1. The summed E-state index contributed by atoms with van der Waals surface area (Å²) in [6, 6.07) is 8.36. The molecule has 0 aliphatic carbocycles. The first-order chi connectivity index (χ1) is 13.6. The van der Waals surface area contributed by atoms with Gasteiger partial charge < -0.3 is 9.64 Å². The van der Waals surface area contributed by atoms with Crippen LogP contribution in [0.2, 0.25) is 5.02 Å². The molecule has 3 rings (SSSR count). The molecule has 1 aromatic carbocycles. The molecule has 0 unspecified atom stereocenters. The van der Waals surface area contributed by atoms with Crippen LogP contribution in [0.1, 0.15) is 42.2 Å². The number of ether oxygens (including phenoxy) is 1. The van der Waals surface area contributed by atoms with Crippen molar-refractivity contribution < 1.29 is 9.53 Å². The molecule has 0 radical (unpaired) electrons. The van der Waals surface area contributed by atoms with Gasteiger partial charge in [-0.05, 0) is 62.5 Å². The lowest BCUT2D eigenvalue weighted by Gasteiger charge is -2.32. The Labute approximate surface area is 175 Å². The maximum atomic E-state index is 12.8. The summed E-state index contributed by atoms with van der Waals surface area (Å²) in [4.78, 5) is 23.1. The highest BCUT2D eigenvalue weighted by atomic mass is 35.5. The quantitative estimate of drug-likeness (QED) is 0.479.